The molecule has 5 nitrogen and oxygen atoms in total. The molecule has 3 atom stereocenters. The highest BCUT2D eigenvalue weighted by molar-refractivity contribution is 5.92. The highest BCUT2D eigenvalue weighted by atomic mass is 16.2. The molecule has 3 aliphatic rings. The van der Waals surface area contributed by atoms with E-state index in [9.17, 15) is 9.59 Å². The first-order valence-electron chi connectivity index (χ1n) is 9.15. The van der Waals surface area contributed by atoms with Gasteiger partial charge in [-0.05, 0) is 63.0 Å². The Balaban J connectivity index is 1.34. The standard InChI is InChI=1S/C19H25N3O2/c1-12-4-2-6-17(20-12)21-18(23)14-5-3-9-22(11-14)19(24)16-10-15(16)13-7-8-13/h2,4,6,13-16H,3,5,7-11H2,1H3,(H,20,21,23). The molecule has 2 aliphatic carbocycles. The van der Waals surface area contributed by atoms with E-state index < -0.39 is 0 Å². The number of aromatic nitrogens is 1. The van der Waals surface area contributed by atoms with Crippen LogP contribution in [-0.2, 0) is 9.59 Å². The van der Waals surface area contributed by atoms with Gasteiger partial charge < -0.3 is 10.2 Å². The number of amides is 2. The molecule has 1 aromatic rings. The van der Waals surface area contributed by atoms with Gasteiger partial charge in [-0.1, -0.05) is 6.07 Å². The van der Waals surface area contributed by atoms with Crippen molar-refractivity contribution >= 4 is 17.6 Å². The van der Waals surface area contributed by atoms with Crippen LogP contribution < -0.4 is 5.32 Å². The summed E-state index contributed by atoms with van der Waals surface area (Å²) in [5.41, 5.74) is 0.882. The summed E-state index contributed by atoms with van der Waals surface area (Å²) >= 11 is 0. The Kier molecular flexibility index (Phi) is 4.02. The van der Waals surface area contributed by atoms with Gasteiger partial charge in [0, 0.05) is 24.7 Å². The summed E-state index contributed by atoms with van der Waals surface area (Å²) in [6.45, 7) is 3.27. The van der Waals surface area contributed by atoms with Gasteiger partial charge in [0.15, 0.2) is 0 Å². The van der Waals surface area contributed by atoms with E-state index in [0.29, 0.717) is 18.3 Å². The smallest absolute Gasteiger partial charge is 0.230 e. The Hall–Kier alpha value is -1.91. The summed E-state index contributed by atoms with van der Waals surface area (Å²) < 4.78 is 0. The van der Waals surface area contributed by atoms with Gasteiger partial charge in [0.25, 0.3) is 0 Å². The molecule has 128 valence electrons. The topological polar surface area (TPSA) is 62.3 Å². The lowest BCUT2D eigenvalue weighted by molar-refractivity contribution is -0.136. The van der Waals surface area contributed by atoms with Crippen LogP contribution in [0.5, 0.6) is 0 Å². The second-order valence-corrected chi connectivity index (χ2v) is 7.62. The highest BCUT2D eigenvalue weighted by Crippen LogP contribution is 2.55. The molecular formula is C19H25N3O2. The van der Waals surface area contributed by atoms with Crippen molar-refractivity contribution < 1.29 is 9.59 Å². The number of hydrogen-bond donors (Lipinski definition) is 1. The number of nitrogens with zero attached hydrogens (tertiary/aromatic N) is 2. The van der Waals surface area contributed by atoms with Crippen LogP contribution in [0.15, 0.2) is 18.2 Å². The van der Waals surface area contributed by atoms with Gasteiger partial charge in [-0.25, -0.2) is 4.98 Å². The lowest BCUT2D eigenvalue weighted by Gasteiger charge is -2.32. The zero-order valence-corrected chi connectivity index (χ0v) is 14.2. The molecule has 0 radical (unpaired) electrons. The number of pyridine rings is 1. The number of carbonyl (C=O) groups excluding carboxylic acids is 2. The Morgan fingerprint density at radius 2 is 2.08 bits per heavy atom. The summed E-state index contributed by atoms with van der Waals surface area (Å²) in [7, 11) is 0. The van der Waals surface area contributed by atoms with E-state index in [0.717, 1.165) is 37.4 Å². The Bertz CT molecular complexity index is 656. The second kappa shape index (κ2) is 6.19. The molecule has 24 heavy (non-hydrogen) atoms. The van der Waals surface area contributed by atoms with Crippen LogP contribution in [0.25, 0.3) is 0 Å². The van der Waals surface area contributed by atoms with E-state index >= 15 is 0 Å². The fourth-order valence-corrected chi connectivity index (χ4v) is 4.01. The SMILES string of the molecule is Cc1cccc(NC(=O)C2CCCN(C(=O)C3CC3C3CC3)C2)n1. The average Bonchev–Trinajstić information content (AvgIpc) is 3.46. The van der Waals surface area contributed by atoms with Crippen LogP contribution in [0.3, 0.4) is 0 Å². The van der Waals surface area contributed by atoms with E-state index in [-0.39, 0.29) is 23.7 Å². The van der Waals surface area contributed by atoms with Gasteiger partial charge in [-0.3, -0.25) is 9.59 Å². The number of nitrogens with one attached hydrogen (secondary N) is 1. The number of anilines is 1. The first kappa shape index (κ1) is 15.6. The largest absolute Gasteiger partial charge is 0.342 e. The number of hydrogen-bond acceptors (Lipinski definition) is 3. The summed E-state index contributed by atoms with van der Waals surface area (Å²) in [6, 6.07) is 5.60. The molecule has 3 unspecified atom stereocenters. The van der Waals surface area contributed by atoms with Crippen LogP contribution in [0.4, 0.5) is 5.82 Å². The first-order valence-corrected chi connectivity index (χ1v) is 9.15. The minimum atomic E-state index is -0.122. The third-order valence-corrected chi connectivity index (χ3v) is 5.63. The summed E-state index contributed by atoms with van der Waals surface area (Å²) in [5.74, 6) is 2.46. The van der Waals surface area contributed by atoms with Crippen molar-refractivity contribution in [2.45, 2.75) is 39.0 Å². The van der Waals surface area contributed by atoms with Gasteiger partial charge >= 0.3 is 0 Å². The first-order chi connectivity index (χ1) is 11.6. The Labute approximate surface area is 142 Å². The lowest BCUT2D eigenvalue weighted by Crippen LogP contribution is -2.44. The fourth-order valence-electron chi connectivity index (χ4n) is 4.01. The van der Waals surface area contributed by atoms with E-state index in [2.05, 4.69) is 10.3 Å². The maximum atomic E-state index is 12.7. The molecule has 2 amide bonds. The van der Waals surface area contributed by atoms with Gasteiger partial charge in [0.05, 0.1) is 5.92 Å². The summed E-state index contributed by atoms with van der Waals surface area (Å²) in [4.78, 5) is 31.4. The molecular weight excluding hydrogens is 302 g/mol. The molecule has 0 aromatic carbocycles. The molecule has 1 N–H and O–H groups in total. The molecule has 0 bridgehead atoms. The number of rotatable bonds is 4. The van der Waals surface area contributed by atoms with Crippen LogP contribution in [0.1, 0.15) is 37.8 Å². The molecule has 0 spiro atoms. The van der Waals surface area contributed by atoms with Crippen LogP contribution >= 0.6 is 0 Å². The van der Waals surface area contributed by atoms with Gasteiger partial charge in [-0.2, -0.15) is 0 Å². The minimum Gasteiger partial charge on any atom is -0.342 e. The average molecular weight is 327 g/mol. The number of piperidine rings is 1. The maximum Gasteiger partial charge on any atom is 0.230 e. The summed E-state index contributed by atoms with van der Waals surface area (Å²) in [6.07, 6.45) is 5.44. The molecule has 1 saturated heterocycles. The van der Waals surface area contributed by atoms with Crippen molar-refractivity contribution in [1.29, 1.82) is 0 Å². The van der Waals surface area contributed by atoms with Crippen LogP contribution in [0.2, 0.25) is 0 Å². The van der Waals surface area contributed by atoms with Crippen LogP contribution in [0, 0.1) is 30.6 Å². The van der Waals surface area contributed by atoms with E-state index in [1.54, 1.807) is 6.07 Å². The van der Waals surface area contributed by atoms with Crippen molar-refractivity contribution in [3.63, 3.8) is 0 Å². The molecule has 4 rings (SSSR count). The maximum absolute atomic E-state index is 12.7. The van der Waals surface area contributed by atoms with E-state index in [1.165, 1.54) is 12.8 Å². The number of likely N-dealkylation sites (tertiary alicyclic amines) is 1. The second-order valence-electron chi connectivity index (χ2n) is 7.62. The molecule has 1 aliphatic heterocycles. The van der Waals surface area contributed by atoms with Gasteiger partial charge in [-0.15, -0.1) is 0 Å². The lowest BCUT2D eigenvalue weighted by atomic mass is 9.96. The predicted molar refractivity (Wildman–Crippen MR) is 91.2 cm³/mol. The monoisotopic (exact) mass is 327 g/mol. The third kappa shape index (κ3) is 3.30. The zero-order valence-electron chi connectivity index (χ0n) is 14.2. The van der Waals surface area contributed by atoms with Crippen LogP contribution in [-0.4, -0.2) is 34.8 Å². The van der Waals surface area contributed by atoms with Gasteiger partial charge in [0.2, 0.25) is 11.8 Å². The molecule has 1 aromatic heterocycles. The van der Waals surface area contributed by atoms with E-state index in [4.69, 9.17) is 0 Å². The molecule has 3 fully saturated rings. The number of aryl methyl sites for hydroxylation is 1. The van der Waals surface area contributed by atoms with Gasteiger partial charge in [0.1, 0.15) is 5.82 Å². The summed E-state index contributed by atoms with van der Waals surface area (Å²) in [5, 5.41) is 2.91. The van der Waals surface area contributed by atoms with E-state index in [1.807, 2.05) is 24.0 Å². The normalized spacial score (nSPS) is 29.2. The van der Waals surface area contributed by atoms with Crippen molar-refractivity contribution in [2.75, 3.05) is 18.4 Å². The number of carbonyl (C=O) groups is 2. The minimum absolute atomic E-state index is 0.0138. The molecule has 2 heterocycles. The van der Waals surface area contributed by atoms with Crippen molar-refractivity contribution in [3.8, 4) is 0 Å². The molecule has 2 saturated carbocycles. The Morgan fingerprint density at radius 3 is 2.83 bits per heavy atom. The highest BCUT2D eigenvalue weighted by Gasteiger charge is 2.52. The predicted octanol–water partition coefficient (Wildman–Crippen LogP) is 2.61. The Morgan fingerprint density at radius 1 is 1.25 bits per heavy atom. The van der Waals surface area contributed by atoms with Crippen molar-refractivity contribution in [3.05, 3.63) is 23.9 Å². The third-order valence-electron chi connectivity index (χ3n) is 5.63. The molecule has 5 heteroatoms. The zero-order chi connectivity index (χ0) is 16.7. The quantitative estimate of drug-likeness (QED) is 0.924. The van der Waals surface area contributed by atoms with Crippen molar-refractivity contribution in [1.82, 2.24) is 9.88 Å². The van der Waals surface area contributed by atoms with Crippen molar-refractivity contribution in [2.24, 2.45) is 23.7 Å². The fraction of sp³-hybridized carbons (Fsp3) is 0.632.